The van der Waals surface area contributed by atoms with Crippen LogP contribution in [0.15, 0.2) is 42.5 Å². The number of hydrogen-bond donors (Lipinski definition) is 2. The SMILES string of the molecule is Cc1ccc(C)c(NC(=O)CC(=O)Nc2ccccc2C)c1. The number of aryl methyl sites for hydroxylation is 3. The van der Waals surface area contributed by atoms with Gasteiger partial charge in [-0.3, -0.25) is 9.59 Å². The minimum atomic E-state index is -0.322. The minimum Gasteiger partial charge on any atom is -0.325 e. The van der Waals surface area contributed by atoms with Crippen LogP contribution in [0.3, 0.4) is 0 Å². The molecule has 2 N–H and O–H groups in total. The summed E-state index contributed by atoms with van der Waals surface area (Å²) in [6, 6.07) is 13.3. The molecule has 0 aliphatic carbocycles. The molecule has 114 valence electrons. The lowest BCUT2D eigenvalue weighted by Gasteiger charge is -2.10. The second-order valence-electron chi connectivity index (χ2n) is 5.41. The quantitative estimate of drug-likeness (QED) is 0.847. The minimum absolute atomic E-state index is 0.207. The van der Waals surface area contributed by atoms with Gasteiger partial charge in [0.15, 0.2) is 0 Å². The number of nitrogens with one attached hydrogen (secondary N) is 2. The summed E-state index contributed by atoms with van der Waals surface area (Å²) in [5, 5.41) is 5.54. The first-order chi connectivity index (χ1) is 10.5. The maximum Gasteiger partial charge on any atom is 0.233 e. The summed E-state index contributed by atoms with van der Waals surface area (Å²) < 4.78 is 0. The fraction of sp³-hybridized carbons (Fsp3) is 0.222. The standard InChI is InChI=1S/C18H20N2O2/c1-12-8-9-14(3)16(10-12)20-18(22)11-17(21)19-15-7-5-4-6-13(15)2/h4-10H,11H2,1-3H3,(H,19,21)(H,20,22). The molecule has 2 aromatic carbocycles. The smallest absolute Gasteiger partial charge is 0.233 e. The third-order valence-corrected chi connectivity index (χ3v) is 3.41. The van der Waals surface area contributed by atoms with E-state index >= 15 is 0 Å². The number of rotatable bonds is 4. The zero-order chi connectivity index (χ0) is 16.1. The van der Waals surface area contributed by atoms with Gasteiger partial charge in [0.25, 0.3) is 0 Å². The van der Waals surface area contributed by atoms with Gasteiger partial charge in [0.2, 0.25) is 11.8 Å². The van der Waals surface area contributed by atoms with Crippen molar-refractivity contribution in [2.75, 3.05) is 10.6 Å². The molecule has 0 aromatic heterocycles. The first-order valence-corrected chi connectivity index (χ1v) is 7.18. The summed E-state index contributed by atoms with van der Waals surface area (Å²) in [4.78, 5) is 23.9. The van der Waals surface area contributed by atoms with E-state index in [2.05, 4.69) is 10.6 Å². The van der Waals surface area contributed by atoms with Crippen molar-refractivity contribution >= 4 is 23.2 Å². The molecule has 0 saturated carbocycles. The van der Waals surface area contributed by atoms with Gasteiger partial charge in [0, 0.05) is 11.4 Å². The molecule has 0 aliphatic heterocycles. The predicted octanol–water partition coefficient (Wildman–Crippen LogP) is 3.58. The van der Waals surface area contributed by atoms with E-state index in [9.17, 15) is 9.59 Å². The highest BCUT2D eigenvalue weighted by Gasteiger charge is 2.11. The Balaban J connectivity index is 1.96. The van der Waals surface area contributed by atoms with E-state index in [-0.39, 0.29) is 18.2 Å². The summed E-state index contributed by atoms with van der Waals surface area (Å²) in [6.07, 6.45) is -0.207. The Hall–Kier alpha value is -2.62. The Morgan fingerprint density at radius 2 is 1.41 bits per heavy atom. The Morgan fingerprint density at radius 3 is 2.09 bits per heavy atom. The van der Waals surface area contributed by atoms with Gasteiger partial charge in [-0.05, 0) is 49.6 Å². The van der Waals surface area contributed by atoms with Crippen molar-refractivity contribution in [2.24, 2.45) is 0 Å². The first-order valence-electron chi connectivity index (χ1n) is 7.18. The summed E-state index contributed by atoms with van der Waals surface area (Å²) in [5.74, 6) is -0.642. The predicted molar refractivity (Wildman–Crippen MR) is 89.0 cm³/mol. The number of carbonyl (C=O) groups excluding carboxylic acids is 2. The van der Waals surface area contributed by atoms with E-state index < -0.39 is 0 Å². The fourth-order valence-corrected chi connectivity index (χ4v) is 2.12. The van der Waals surface area contributed by atoms with Gasteiger partial charge in [0.1, 0.15) is 6.42 Å². The molecule has 2 aromatic rings. The third-order valence-electron chi connectivity index (χ3n) is 3.41. The Kier molecular flexibility index (Phi) is 4.94. The summed E-state index contributed by atoms with van der Waals surface area (Å²) in [5.41, 5.74) is 4.47. The summed E-state index contributed by atoms with van der Waals surface area (Å²) in [7, 11) is 0. The molecule has 0 saturated heterocycles. The van der Waals surface area contributed by atoms with E-state index in [0.29, 0.717) is 0 Å². The second-order valence-corrected chi connectivity index (χ2v) is 5.41. The lowest BCUT2D eigenvalue weighted by atomic mass is 10.1. The van der Waals surface area contributed by atoms with Crippen molar-refractivity contribution in [2.45, 2.75) is 27.2 Å². The molecule has 2 amide bonds. The topological polar surface area (TPSA) is 58.2 Å². The molecule has 2 rings (SSSR count). The molecule has 0 spiro atoms. The van der Waals surface area contributed by atoms with Crippen molar-refractivity contribution in [3.05, 3.63) is 59.2 Å². The maximum atomic E-state index is 12.0. The number of anilines is 2. The van der Waals surface area contributed by atoms with Crippen molar-refractivity contribution in [1.29, 1.82) is 0 Å². The van der Waals surface area contributed by atoms with Gasteiger partial charge in [-0.2, -0.15) is 0 Å². The highest BCUT2D eigenvalue weighted by Crippen LogP contribution is 2.17. The molecule has 4 heteroatoms. The molecule has 22 heavy (non-hydrogen) atoms. The van der Waals surface area contributed by atoms with Crippen molar-refractivity contribution in [3.8, 4) is 0 Å². The molecule has 0 aliphatic rings. The zero-order valence-electron chi connectivity index (χ0n) is 13.1. The lowest BCUT2D eigenvalue weighted by molar-refractivity contribution is -0.123. The normalized spacial score (nSPS) is 10.1. The van der Waals surface area contributed by atoms with E-state index in [0.717, 1.165) is 28.1 Å². The molecule has 0 bridgehead atoms. The average Bonchev–Trinajstić information content (AvgIpc) is 2.45. The summed E-state index contributed by atoms with van der Waals surface area (Å²) in [6.45, 7) is 5.79. The monoisotopic (exact) mass is 296 g/mol. The van der Waals surface area contributed by atoms with Crippen LogP contribution in [-0.4, -0.2) is 11.8 Å². The number of benzene rings is 2. The molecular weight excluding hydrogens is 276 g/mol. The van der Waals surface area contributed by atoms with Crippen LogP contribution in [0.5, 0.6) is 0 Å². The molecule has 0 radical (unpaired) electrons. The highest BCUT2D eigenvalue weighted by atomic mass is 16.2. The third kappa shape index (κ3) is 4.19. The number of amides is 2. The number of para-hydroxylation sites is 1. The van der Waals surface area contributed by atoms with Crippen LogP contribution in [0.25, 0.3) is 0 Å². The fourth-order valence-electron chi connectivity index (χ4n) is 2.12. The van der Waals surface area contributed by atoms with Gasteiger partial charge in [0.05, 0.1) is 0 Å². The van der Waals surface area contributed by atoms with Gasteiger partial charge < -0.3 is 10.6 Å². The van der Waals surface area contributed by atoms with Crippen molar-refractivity contribution < 1.29 is 9.59 Å². The average molecular weight is 296 g/mol. The number of hydrogen-bond acceptors (Lipinski definition) is 2. The van der Waals surface area contributed by atoms with Gasteiger partial charge in [-0.15, -0.1) is 0 Å². The summed E-state index contributed by atoms with van der Waals surface area (Å²) >= 11 is 0. The molecule has 0 unspecified atom stereocenters. The Labute approximate surface area is 130 Å². The van der Waals surface area contributed by atoms with Gasteiger partial charge >= 0.3 is 0 Å². The van der Waals surface area contributed by atoms with E-state index in [4.69, 9.17) is 0 Å². The Bertz CT molecular complexity index is 708. The van der Waals surface area contributed by atoms with E-state index in [1.54, 1.807) is 0 Å². The van der Waals surface area contributed by atoms with Gasteiger partial charge in [-0.1, -0.05) is 30.3 Å². The van der Waals surface area contributed by atoms with Crippen molar-refractivity contribution in [1.82, 2.24) is 0 Å². The van der Waals surface area contributed by atoms with Crippen LogP contribution in [0.2, 0.25) is 0 Å². The van der Waals surface area contributed by atoms with Crippen LogP contribution in [-0.2, 0) is 9.59 Å². The van der Waals surface area contributed by atoms with Crippen LogP contribution < -0.4 is 10.6 Å². The molecular formula is C18H20N2O2. The van der Waals surface area contributed by atoms with Gasteiger partial charge in [-0.25, -0.2) is 0 Å². The lowest BCUT2D eigenvalue weighted by Crippen LogP contribution is -2.22. The highest BCUT2D eigenvalue weighted by molar-refractivity contribution is 6.08. The second kappa shape index (κ2) is 6.89. The molecule has 0 heterocycles. The molecule has 4 nitrogen and oxygen atoms in total. The van der Waals surface area contributed by atoms with Crippen molar-refractivity contribution in [3.63, 3.8) is 0 Å². The Morgan fingerprint density at radius 1 is 0.818 bits per heavy atom. The van der Waals surface area contributed by atoms with E-state index in [1.165, 1.54) is 0 Å². The first kappa shape index (κ1) is 15.8. The van der Waals surface area contributed by atoms with Crippen LogP contribution in [0.1, 0.15) is 23.1 Å². The maximum absolute atomic E-state index is 12.0. The van der Waals surface area contributed by atoms with E-state index in [1.807, 2.05) is 63.2 Å². The molecule has 0 atom stereocenters. The van der Waals surface area contributed by atoms with Crippen LogP contribution in [0, 0.1) is 20.8 Å². The zero-order valence-corrected chi connectivity index (χ0v) is 13.1. The number of carbonyl (C=O) groups is 2. The van der Waals surface area contributed by atoms with Crippen LogP contribution in [0.4, 0.5) is 11.4 Å². The molecule has 0 fully saturated rings. The van der Waals surface area contributed by atoms with Crippen LogP contribution >= 0.6 is 0 Å². The largest absolute Gasteiger partial charge is 0.325 e.